The van der Waals surface area contributed by atoms with Crippen molar-refractivity contribution in [2.45, 2.75) is 62.8 Å². The van der Waals surface area contributed by atoms with Gasteiger partial charge in [0.05, 0.1) is 9.50 Å². The molecule has 1 aromatic rings. The van der Waals surface area contributed by atoms with Crippen LogP contribution < -0.4 is 4.90 Å². The largest absolute Gasteiger partial charge is 0.443 e. The highest BCUT2D eigenvalue weighted by Gasteiger charge is 2.65. The molecule has 1 amide bonds. The van der Waals surface area contributed by atoms with E-state index in [-0.39, 0.29) is 23.8 Å². The van der Waals surface area contributed by atoms with Crippen LogP contribution in [0.15, 0.2) is 10.7 Å². The molecule has 2 aliphatic rings. The Morgan fingerprint density at radius 2 is 2.00 bits per heavy atom. The highest BCUT2D eigenvalue weighted by Crippen LogP contribution is 2.59. The van der Waals surface area contributed by atoms with E-state index in [1.54, 1.807) is 20.8 Å². The van der Waals surface area contributed by atoms with Gasteiger partial charge in [-0.2, -0.15) is 13.2 Å². The van der Waals surface area contributed by atoms with Crippen molar-refractivity contribution < 1.29 is 27.8 Å². The van der Waals surface area contributed by atoms with Gasteiger partial charge >= 0.3 is 12.3 Å². The van der Waals surface area contributed by atoms with Crippen LogP contribution >= 0.6 is 27.5 Å². The zero-order valence-corrected chi connectivity index (χ0v) is 17.3. The van der Waals surface area contributed by atoms with Gasteiger partial charge in [-0.05, 0) is 56.0 Å². The van der Waals surface area contributed by atoms with Crippen molar-refractivity contribution in [3.63, 3.8) is 0 Å². The van der Waals surface area contributed by atoms with Crippen LogP contribution in [0.1, 0.15) is 45.6 Å². The Morgan fingerprint density at radius 3 is 2.52 bits per heavy atom. The predicted molar refractivity (Wildman–Crippen MR) is 97.1 cm³/mol. The number of rotatable bonds is 0. The van der Waals surface area contributed by atoms with Crippen molar-refractivity contribution in [2.75, 3.05) is 11.4 Å². The standard InChI is InChI=1S/C17H19BrClF3N2O3/c1-14(2,3)27-13(25)24-8-15(4-5-16(26,7-15)17(20,21)22)10-11(19)9(18)6-23-12(10)24/h6,26H,4-5,7-8H2,1-3H3. The van der Waals surface area contributed by atoms with Gasteiger partial charge in [0.2, 0.25) is 0 Å². The molecule has 2 heterocycles. The lowest BCUT2D eigenvalue weighted by molar-refractivity contribution is -0.258. The molecular weight excluding hydrogens is 453 g/mol. The highest BCUT2D eigenvalue weighted by molar-refractivity contribution is 9.10. The van der Waals surface area contributed by atoms with Gasteiger partial charge < -0.3 is 9.84 Å². The number of fused-ring (bicyclic) bond motifs is 2. The second-order valence-corrected chi connectivity index (χ2v) is 9.40. The number of hydrogen-bond acceptors (Lipinski definition) is 4. The van der Waals surface area contributed by atoms with E-state index >= 15 is 0 Å². The molecule has 1 aromatic heterocycles. The molecular formula is C17H19BrClF3N2O3. The third-order valence-electron chi connectivity index (χ3n) is 4.99. The molecule has 0 aromatic carbocycles. The molecule has 10 heteroatoms. The minimum Gasteiger partial charge on any atom is -0.443 e. The normalized spacial score (nSPS) is 28.0. The number of amides is 1. The van der Waals surface area contributed by atoms with Crippen LogP contribution in [0.4, 0.5) is 23.8 Å². The third kappa shape index (κ3) is 3.42. The van der Waals surface area contributed by atoms with Crippen LogP contribution in [0.5, 0.6) is 0 Å². The number of ether oxygens (including phenoxy) is 1. The Hall–Kier alpha value is -1.06. The maximum Gasteiger partial charge on any atom is 0.417 e. The van der Waals surface area contributed by atoms with E-state index < -0.39 is 41.7 Å². The Kier molecular flexibility index (Phi) is 4.76. The zero-order chi connectivity index (χ0) is 20.4. The minimum absolute atomic E-state index is 0.0210. The van der Waals surface area contributed by atoms with Crippen LogP contribution in [0.2, 0.25) is 5.02 Å². The van der Waals surface area contributed by atoms with Crippen molar-refractivity contribution >= 4 is 39.4 Å². The fourth-order valence-corrected chi connectivity index (χ4v) is 4.46. The highest BCUT2D eigenvalue weighted by atomic mass is 79.9. The molecule has 2 unspecified atom stereocenters. The van der Waals surface area contributed by atoms with E-state index in [9.17, 15) is 23.1 Å². The third-order valence-corrected chi connectivity index (χ3v) is 6.21. The molecule has 3 rings (SSSR count). The van der Waals surface area contributed by atoms with E-state index in [0.29, 0.717) is 10.0 Å². The van der Waals surface area contributed by atoms with Gasteiger partial charge in [-0.1, -0.05) is 11.6 Å². The summed E-state index contributed by atoms with van der Waals surface area (Å²) in [5, 5.41) is 10.4. The summed E-state index contributed by atoms with van der Waals surface area (Å²) in [6, 6.07) is 0. The molecule has 1 spiro atoms. The molecule has 1 N–H and O–H groups in total. The number of anilines is 1. The number of halogens is 5. The molecule has 2 atom stereocenters. The number of pyridine rings is 1. The van der Waals surface area contributed by atoms with Gasteiger partial charge in [-0.25, -0.2) is 9.78 Å². The van der Waals surface area contributed by atoms with Gasteiger partial charge in [-0.3, -0.25) is 4.90 Å². The van der Waals surface area contributed by atoms with E-state index in [0.717, 1.165) is 0 Å². The number of carbonyl (C=O) groups is 1. The smallest absolute Gasteiger partial charge is 0.417 e. The fourth-order valence-electron chi connectivity index (χ4n) is 3.83. The van der Waals surface area contributed by atoms with Gasteiger partial charge in [0.1, 0.15) is 11.4 Å². The van der Waals surface area contributed by atoms with Crippen LogP contribution in [0.25, 0.3) is 0 Å². The van der Waals surface area contributed by atoms with E-state index in [2.05, 4.69) is 20.9 Å². The van der Waals surface area contributed by atoms with Crippen molar-refractivity contribution in [1.82, 2.24) is 4.98 Å². The number of alkyl halides is 3. The predicted octanol–water partition coefficient (Wildman–Crippen LogP) is 4.97. The van der Waals surface area contributed by atoms with Crippen LogP contribution in [-0.2, 0) is 10.2 Å². The molecule has 5 nitrogen and oxygen atoms in total. The lowest BCUT2D eigenvalue weighted by atomic mass is 9.80. The van der Waals surface area contributed by atoms with Crippen molar-refractivity contribution in [3.8, 4) is 0 Å². The summed E-state index contributed by atoms with van der Waals surface area (Å²) in [6.45, 7) is 4.99. The maximum atomic E-state index is 13.4. The van der Waals surface area contributed by atoms with Gasteiger partial charge in [0, 0.05) is 23.7 Å². The van der Waals surface area contributed by atoms with Crippen LogP contribution in [-0.4, -0.2) is 40.1 Å². The molecule has 1 saturated carbocycles. The van der Waals surface area contributed by atoms with Gasteiger partial charge in [-0.15, -0.1) is 0 Å². The first-order valence-corrected chi connectivity index (χ1v) is 9.50. The number of aromatic nitrogens is 1. The fraction of sp³-hybridized carbons (Fsp3) is 0.647. The number of hydrogen-bond donors (Lipinski definition) is 1. The molecule has 150 valence electrons. The van der Waals surface area contributed by atoms with E-state index in [1.165, 1.54) is 11.1 Å². The first-order chi connectivity index (χ1) is 12.2. The summed E-state index contributed by atoms with van der Waals surface area (Å²) in [4.78, 5) is 18.1. The molecule has 1 aliphatic carbocycles. The number of aliphatic hydroxyl groups is 1. The minimum atomic E-state index is -4.78. The Labute approximate surface area is 168 Å². The van der Waals surface area contributed by atoms with E-state index in [4.69, 9.17) is 16.3 Å². The maximum absolute atomic E-state index is 13.4. The Bertz CT molecular complexity index is 799. The number of nitrogens with zero attached hydrogens (tertiary/aromatic N) is 2. The number of carbonyl (C=O) groups excluding carboxylic acids is 1. The molecule has 0 saturated heterocycles. The molecule has 27 heavy (non-hydrogen) atoms. The Balaban J connectivity index is 2.07. The van der Waals surface area contributed by atoms with Crippen LogP contribution in [0, 0.1) is 0 Å². The average molecular weight is 472 g/mol. The molecule has 1 fully saturated rings. The molecule has 0 bridgehead atoms. The SMILES string of the molecule is CC(C)(C)OC(=O)N1CC2(CCC(O)(C(F)(F)F)C2)c2c1ncc(Br)c2Cl. The summed E-state index contributed by atoms with van der Waals surface area (Å²) in [7, 11) is 0. The Morgan fingerprint density at radius 1 is 1.37 bits per heavy atom. The molecule has 1 aliphatic heterocycles. The monoisotopic (exact) mass is 470 g/mol. The van der Waals surface area contributed by atoms with Crippen molar-refractivity contribution in [2.24, 2.45) is 0 Å². The summed E-state index contributed by atoms with van der Waals surface area (Å²) >= 11 is 9.63. The lowest BCUT2D eigenvalue weighted by Crippen LogP contribution is -2.45. The topological polar surface area (TPSA) is 62.7 Å². The van der Waals surface area contributed by atoms with Crippen LogP contribution in [0.3, 0.4) is 0 Å². The van der Waals surface area contributed by atoms with E-state index in [1.807, 2.05) is 0 Å². The quantitative estimate of drug-likeness (QED) is 0.580. The van der Waals surface area contributed by atoms with Crippen molar-refractivity contribution in [3.05, 3.63) is 21.3 Å². The van der Waals surface area contributed by atoms with Crippen molar-refractivity contribution in [1.29, 1.82) is 0 Å². The first kappa shape index (κ1) is 20.7. The summed E-state index contributed by atoms with van der Waals surface area (Å²) < 4.78 is 46.0. The second-order valence-electron chi connectivity index (χ2n) is 8.17. The van der Waals surface area contributed by atoms with Gasteiger partial charge in [0.25, 0.3) is 0 Å². The zero-order valence-electron chi connectivity index (χ0n) is 15.0. The first-order valence-electron chi connectivity index (χ1n) is 8.33. The second kappa shape index (κ2) is 6.22. The lowest BCUT2D eigenvalue weighted by Gasteiger charge is -2.30. The average Bonchev–Trinajstić information content (AvgIpc) is 3.01. The summed E-state index contributed by atoms with van der Waals surface area (Å²) in [5.41, 5.74) is -4.43. The molecule has 0 radical (unpaired) electrons. The summed E-state index contributed by atoms with van der Waals surface area (Å²) in [6.07, 6.45) is -5.14. The van der Waals surface area contributed by atoms with Gasteiger partial charge in [0.15, 0.2) is 5.60 Å². The summed E-state index contributed by atoms with van der Waals surface area (Å²) in [5.74, 6) is 0.170.